The summed E-state index contributed by atoms with van der Waals surface area (Å²) in [4.78, 5) is 14.2. The molecule has 0 unspecified atom stereocenters. The first-order valence-corrected chi connectivity index (χ1v) is 7.26. The Morgan fingerprint density at radius 3 is 2.40 bits per heavy atom. The van der Waals surface area contributed by atoms with Crippen molar-refractivity contribution in [3.05, 3.63) is 29.8 Å². The maximum Gasteiger partial charge on any atom is 0.251 e. The monoisotopic (exact) mass is 275 g/mol. The molecule has 0 atom stereocenters. The molecule has 1 aromatic rings. The summed E-state index contributed by atoms with van der Waals surface area (Å²) >= 11 is 0. The molecular formula is C16H25N3O. The van der Waals surface area contributed by atoms with Gasteiger partial charge in [0.05, 0.1) is 0 Å². The number of rotatable bonds is 4. The van der Waals surface area contributed by atoms with Gasteiger partial charge in [-0.1, -0.05) is 6.92 Å². The van der Waals surface area contributed by atoms with Crippen LogP contribution in [0.25, 0.3) is 0 Å². The van der Waals surface area contributed by atoms with Gasteiger partial charge in [0.1, 0.15) is 0 Å². The fourth-order valence-corrected chi connectivity index (χ4v) is 2.51. The van der Waals surface area contributed by atoms with Crippen LogP contribution in [0, 0.1) is 5.41 Å². The summed E-state index contributed by atoms with van der Waals surface area (Å²) in [6.45, 7) is 5.10. The molecule has 2 rings (SSSR count). The largest absolute Gasteiger partial charge is 0.378 e. The quantitative estimate of drug-likeness (QED) is 0.882. The zero-order valence-electron chi connectivity index (χ0n) is 12.7. The first-order valence-electron chi connectivity index (χ1n) is 7.26. The lowest BCUT2D eigenvalue weighted by Crippen LogP contribution is -2.42. The minimum Gasteiger partial charge on any atom is -0.378 e. The molecule has 1 aromatic carbocycles. The van der Waals surface area contributed by atoms with E-state index in [-0.39, 0.29) is 11.3 Å². The van der Waals surface area contributed by atoms with Gasteiger partial charge in [-0.05, 0) is 55.6 Å². The summed E-state index contributed by atoms with van der Waals surface area (Å²) < 4.78 is 0. The summed E-state index contributed by atoms with van der Waals surface area (Å²) in [7, 11) is 3.99. The van der Waals surface area contributed by atoms with Gasteiger partial charge in [-0.2, -0.15) is 0 Å². The minimum absolute atomic E-state index is 0.0232. The fourth-order valence-electron chi connectivity index (χ4n) is 2.51. The number of nitrogens with one attached hydrogen (secondary N) is 2. The molecule has 4 nitrogen and oxygen atoms in total. The number of nitrogens with zero attached hydrogens (tertiary/aromatic N) is 1. The Hall–Kier alpha value is -1.55. The van der Waals surface area contributed by atoms with Crippen molar-refractivity contribution in [1.82, 2.24) is 10.6 Å². The number of anilines is 1. The molecule has 1 amide bonds. The van der Waals surface area contributed by atoms with Gasteiger partial charge in [0.25, 0.3) is 5.91 Å². The van der Waals surface area contributed by atoms with Gasteiger partial charge in [0.2, 0.25) is 0 Å². The highest BCUT2D eigenvalue weighted by atomic mass is 16.1. The Morgan fingerprint density at radius 1 is 1.25 bits per heavy atom. The molecule has 0 saturated carbocycles. The van der Waals surface area contributed by atoms with Crippen molar-refractivity contribution >= 4 is 11.6 Å². The second-order valence-electron chi connectivity index (χ2n) is 6.18. The Kier molecular flexibility index (Phi) is 4.65. The molecule has 4 heteroatoms. The topological polar surface area (TPSA) is 44.4 Å². The highest BCUT2D eigenvalue weighted by Gasteiger charge is 2.27. The Morgan fingerprint density at radius 2 is 1.85 bits per heavy atom. The average molecular weight is 275 g/mol. The van der Waals surface area contributed by atoms with E-state index < -0.39 is 0 Å². The van der Waals surface area contributed by atoms with Crippen LogP contribution in [0.2, 0.25) is 0 Å². The number of carbonyl (C=O) groups excluding carboxylic acids is 1. The fraction of sp³-hybridized carbons (Fsp3) is 0.562. The molecular weight excluding hydrogens is 250 g/mol. The van der Waals surface area contributed by atoms with E-state index in [2.05, 4.69) is 17.6 Å². The van der Waals surface area contributed by atoms with Crippen molar-refractivity contribution in [2.24, 2.45) is 5.41 Å². The molecule has 0 spiro atoms. The number of benzene rings is 1. The van der Waals surface area contributed by atoms with Gasteiger partial charge in [0.15, 0.2) is 0 Å². The highest BCUT2D eigenvalue weighted by Crippen LogP contribution is 2.26. The first-order chi connectivity index (χ1) is 9.50. The average Bonchev–Trinajstić information content (AvgIpc) is 2.46. The van der Waals surface area contributed by atoms with E-state index in [1.165, 1.54) is 0 Å². The van der Waals surface area contributed by atoms with Crippen LogP contribution >= 0.6 is 0 Å². The Bertz CT molecular complexity index is 447. The van der Waals surface area contributed by atoms with Gasteiger partial charge in [-0.25, -0.2) is 0 Å². The molecule has 1 aliphatic heterocycles. The van der Waals surface area contributed by atoms with E-state index in [0.717, 1.165) is 43.7 Å². The summed E-state index contributed by atoms with van der Waals surface area (Å²) in [6, 6.07) is 7.72. The molecule has 0 bridgehead atoms. The molecule has 0 aliphatic carbocycles. The zero-order chi connectivity index (χ0) is 14.6. The third kappa shape index (κ3) is 3.73. The van der Waals surface area contributed by atoms with Crippen LogP contribution < -0.4 is 15.5 Å². The highest BCUT2D eigenvalue weighted by molar-refractivity contribution is 5.94. The van der Waals surface area contributed by atoms with Crippen LogP contribution in [-0.2, 0) is 0 Å². The Balaban J connectivity index is 1.91. The van der Waals surface area contributed by atoms with Crippen LogP contribution in [0.3, 0.4) is 0 Å². The zero-order valence-corrected chi connectivity index (χ0v) is 12.7. The third-order valence-corrected chi connectivity index (χ3v) is 4.13. The normalized spacial score (nSPS) is 17.6. The van der Waals surface area contributed by atoms with Gasteiger partial charge in [-0.3, -0.25) is 4.79 Å². The molecule has 0 radical (unpaired) electrons. The van der Waals surface area contributed by atoms with E-state index in [1.807, 2.05) is 43.3 Å². The van der Waals surface area contributed by atoms with E-state index >= 15 is 0 Å². The van der Waals surface area contributed by atoms with Crippen molar-refractivity contribution in [1.29, 1.82) is 0 Å². The van der Waals surface area contributed by atoms with Crippen LogP contribution in [0.15, 0.2) is 24.3 Å². The van der Waals surface area contributed by atoms with Gasteiger partial charge < -0.3 is 15.5 Å². The number of carbonyl (C=O) groups is 1. The number of hydrogen-bond acceptors (Lipinski definition) is 3. The van der Waals surface area contributed by atoms with E-state index in [4.69, 9.17) is 0 Å². The standard InChI is InChI=1S/C16H25N3O/c1-16(8-10-17-11-9-16)12-18-15(20)13-4-6-14(7-5-13)19(2)3/h4-7,17H,8-12H2,1-3H3,(H,18,20). The summed E-state index contributed by atoms with van der Waals surface area (Å²) in [5.41, 5.74) is 2.06. The SMILES string of the molecule is CN(C)c1ccc(C(=O)NCC2(C)CCNCC2)cc1. The van der Waals surface area contributed by atoms with Gasteiger partial charge >= 0.3 is 0 Å². The van der Waals surface area contributed by atoms with Crippen LogP contribution in [-0.4, -0.2) is 39.6 Å². The molecule has 1 fully saturated rings. The maximum absolute atomic E-state index is 12.2. The second-order valence-corrected chi connectivity index (χ2v) is 6.18. The van der Waals surface area contributed by atoms with Crippen molar-refractivity contribution in [2.45, 2.75) is 19.8 Å². The molecule has 1 saturated heterocycles. The lowest BCUT2D eigenvalue weighted by molar-refractivity contribution is 0.0922. The lowest BCUT2D eigenvalue weighted by atomic mass is 9.81. The van der Waals surface area contributed by atoms with E-state index in [9.17, 15) is 4.79 Å². The van der Waals surface area contributed by atoms with Gasteiger partial charge in [-0.15, -0.1) is 0 Å². The first kappa shape index (κ1) is 14.9. The lowest BCUT2D eigenvalue weighted by Gasteiger charge is -2.34. The second kappa shape index (κ2) is 6.27. The molecule has 1 heterocycles. The molecule has 1 aliphatic rings. The minimum atomic E-state index is 0.0232. The van der Waals surface area contributed by atoms with E-state index in [1.54, 1.807) is 0 Å². The van der Waals surface area contributed by atoms with Gasteiger partial charge in [0, 0.05) is 31.9 Å². The predicted octanol–water partition coefficient (Wildman–Crippen LogP) is 1.87. The maximum atomic E-state index is 12.2. The molecule has 2 N–H and O–H groups in total. The summed E-state index contributed by atoms with van der Waals surface area (Å²) in [5.74, 6) is 0.0232. The Labute approximate surface area is 121 Å². The summed E-state index contributed by atoms with van der Waals surface area (Å²) in [5, 5.41) is 6.44. The van der Waals surface area contributed by atoms with Crippen LogP contribution in [0.4, 0.5) is 5.69 Å². The van der Waals surface area contributed by atoms with E-state index in [0.29, 0.717) is 0 Å². The predicted molar refractivity (Wildman–Crippen MR) is 83.3 cm³/mol. The van der Waals surface area contributed by atoms with Crippen molar-refractivity contribution < 1.29 is 4.79 Å². The molecule has 0 aromatic heterocycles. The number of hydrogen-bond donors (Lipinski definition) is 2. The van der Waals surface area contributed by atoms with Crippen LogP contribution in [0.5, 0.6) is 0 Å². The van der Waals surface area contributed by atoms with Crippen molar-refractivity contribution in [3.63, 3.8) is 0 Å². The summed E-state index contributed by atoms with van der Waals surface area (Å²) in [6.07, 6.45) is 2.24. The van der Waals surface area contributed by atoms with Crippen molar-refractivity contribution in [2.75, 3.05) is 38.6 Å². The van der Waals surface area contributed by atoms with Crippen molar-refractivity contribution in [3.8, 4) is 0 Å². The molecule has 20 heavy (non-hydrogen) atoms. The van der Waals surface area contributed by atoms with Crippen LogP contribution in [0.1, 0.15) is 30.1 Å². The molecule has 110 valence electrons. The third-order valence-electron chi connectivity index (χ3n) is 4.13. The number of amides is 1. The smallest absolute Gasteiger partial charge is 0.251 e. The number of piperidine rings is 1.